The number of hydrogen-bond donors (Lipinski definition) is 1. The molecular weight excluding hydrogens is 282 g/mol. The SMILES string of the molecule is CCc1cnc(C(C)NCc2ccc([N+](=O)[O-])s2)s1. The highest BCUT2D eigenvalue weighted by molar-refractivity contribution is 7.15. The third-order valence-electron chi connectivity index (χ3n) is 2.70. The van der Waals surface area contributed by atoms with E-state index in [1.807, 2.05) is 6.20 Å². The highest BCUT2D eigenvalue weighted by Crippen LogP contribution is 2.25. The van der Waals surface area contributed by atoms with Gasteiger partial charge in [-0.15, -0.1) is 11.3 Å². The summed E-state index contributed by atoms with van der Waals surface area (Å²) in [5.74, 6) is 0. The Bertz CT molecular complexity index is 565. The van der Waals surface area contributed by atoms with Gasteiger partial charge in [-0.3, -0.25) is 10.1 Å². The van der Waals surface area contributed by atoms with E-state index in [-0.39, 0.29) is 16.0 Å². The van der Waals surface area contributed by atoms with E-state index in [0.717, 1.165) is 16.3 Å². The van der Waals surface area contributed by atoms with Crippen molar-refractivity contribution in [1.82, 2.24) is 10.3 Å². The third-order valence-corrected chi connectivity index (χ3v) is 5.06. The molecule has 19 heavy (non-hydrogen) atoms. The van der Waals surface area contributed by atoms with E-state index in [1.54, 1.807) is 23.5 Å². The van der Waals surface area contributed by atoms with E-state index in [1.165, 1.54) is 16.2 Å². The summed E-state index contributed by atoms with van der Waals surface area (Å²) in [5, 5.41) is 15.2. The van der Waals surface area contributed by atoms with Crippen molar-refractivity contribution in [3.05, 3.63) is 43.2 Å². The molecule has 0 aliphatic rings. The number of aromatic nitrogens is 1. The van der Waals surface area contributed by atoms with Gasteiger partial charge in [0.2, 0.25) is 0 Å². The molecule has 0 saturated heterocycles. The standard InChI is InChI=1S/C12H15N3O2S2/c1-3-9-6-14-12(19-9)8(2)13-7-10-4-5-11(18-10)15(16)17/h4-6,8,13H,3,7H2,1-2H3. The predicted octanol–water partition coefficient (Wildman–Crippen LogP) is 3.53. The van der Waals surface area contributed by atoms with Crippen LogP contribution in [0.2, 0.25) is 0 Å². The molecule has 2 aromatic heterocycles. The lowest BCUT2D eigenvalue weighted by atomic mass is 10.3. The number of nitro groups is 1. The highest BCUT2D eigenvalue weighted by Gasteiger charge is 2.12. The molecule has 0 saturated carbocycles. The summed E-state index contributed by atoms with van der Waals surface area (Å²) in [5.41, 5.74) is 0. The zero-order chi connectivity index (χ0) is 13.8. The van der Waals surface area contributed by atoms with Crippen LogP contribution < -0.4 is 5.32 Å². The Kier molecular flexibility index (Phi) is 4.62. The molecule has 0 aromatic carbocycles. The lowest BCUT2D eigenvalue weighted by Gasteiger charge is -2.09. The van der Waals surface area contributed by atoms with Crippen LogP contribution in [0.5, 0.6) is 0 Å². The Balaban J connectivity index is 1.92. The van der Waals surface area contributed by atoms with Gasteiger partial charge in [-0.25, -0.2) is 4.98 Å². The van der Waals surface area contributed by atoms with E-state index in [0.29, 0.717) is 6.54 Å². The maximum atomic E-state index is 10.6. The van der Waals surface area contributed by atoms with E-state index < -0.39 is 0 Å². The van der Waals surface area contributed by atoms with Crippen LogP contribution in [0.4, 0.5) is 5.00 Å². The van der Waals surface area contributed by atoms with Gasteiger partial charge in [0.15, 0.2) is 0 Å². The first-order chi connectivity index (χ1) is 9.10. The molecule has 0 aliphatic heterocycles. The topological polar surface area (TPSA) is 68.1 Å². The fourth-order valence-corrected chi connectivity index (χ4v) is 3.24. The van der Waals surface area contributed by atoms with Crippen molar-refractivity contribution in [3.8, 4) is 0 Å². The molecule has 0 radical (unpaired) electrons. The first-order valence-electron chi connectivity index (χ1n) is 6.01. The largest absolute Gasteiger partial charge is 0.324 e. The quantitative estimate of drug-likeness (QED) is 0.654. The zero-order valence-electron chi connectivity index (χ0n) is 10.8. The minimum absolute atomic E-state index is 0.159. The smallest absolute Gasteiger partial charge is 0.303 e. The van der Waals surface area contributed by atoms with Crippen molar-refractivity contribution < 1.29 is 4.92 Å². The summed E-state index contributed by atoms with van der Waals surface area (Å²) in [6, 6.07) is 3.50. The molecule has 0 bridgehead atoms. The number of hydrogen-bond acceptors (Lipinski definition) is 6. The Morgan fingerprint density at radius 1 is 1.42 bits per heavy atom. The first kappa shape index (κ1) is 14.1. The molecule has 7 heteroatoms. The van der Waals surface area contributed by atoms with Gasteiger partial charge in [-0.1, -0.05) is 18.3 Å². The van der Waals surface area contributed by atoms with Crippen molar-refractivity contribution in [2.45, 2.75) is 32.9 Å². The summed E-state index contributed by atoms with van der Waals surface area (Å²) in [7, 11) is 0. The number of rotatable bonds is 6. The second-order valence-electron chi connectivity index (χ2n) is 4.12. The van der Waals surface area contributed by atoms with Crippen LogP contribution in [-0.4, -0.2) is 9.91 Å². The Morgan fingerprint density at radius 3 is 2.79 bits per heavy atom. The van der Waals surface area contributed by atoms with E-state index >= 15 is 0 Å². The summed E-state index contributed by atoms with van der Waals surface area (Å²) in [6.07, 6.45) is 2.91. The van der Waals surface area contributed by atoms with Gasteiger partial charge in [-0.2, -0.15) is 0 Å². The van der Waals surface area contributed by atoms with Crippen molar-refractivity contribution >= 4 is 27.7 Å². The van der Waals surface area contributed by atoms with Gasteiger partial charge in [0.1, 0.15) is 5.01 Å². The van der Waals surface area contributed by atoms with E-state index in [2.05, 4.69) is 24.1 Å². The summed E-state index contributed by atoms with van der Waals surface area (Å²) in [6.45, 7) is 4.79. The van der Waals surface area contributed by atoms with Crippen molar-refractivity contribution in [2.75, 3.05) is 0 Å². The van der Waals surface area contributed by atoms with E-state index in [9.17, 15) is 10.1 Å². The minimum atomic E-state index is -0.355. The van der Waals surface area contributed by atoms with Gasteiger partial charge >= 0.3 is 5.00 Å². The molecule has 1 N–H and O–H groups in total. The lowest BCUT2D eigenvalue weighted by molar-refractivity contribution is -0.380. The Morgan fingerprint density at radius 2 is 2.21 bits per heavy atom. The monoisotopic (exact) mass is 297 g/mol. The summed E-state index contributed by atoms with van der Waals surface area (Å²) in [4.78, 5) is 16.9. The third kappa shape index (κ3) is 3.59. The van der Waals surface area contributed by atoms with Gasteiger partial charge < -0.3 is 5.32 Å². The molecule has 2 rings (SSSR count). The second-order valence-corrected chi connectivity index (χ2v) is 6.41. The van der Waals surface area contributed by atoms with Gasteiger partial charge in [0, 0.05) is 28.6 Å². The van der Waals surface area contributed by atoms with Gasteiger partial charge in [-0.05, 0) is 19.4 Å². The van der Waals surface area contributed by atoms with Crippen molar-refractivity contribution in [2.24, 2.45) is 0 Å². The molecule has 5 nitrogen and oxygen atoms in total. The maximum Gasteiger partial charge on any atom is 0.324 e. The highest BCUT2D eigenvalue weighted by atomic mass is 32.1. The average Bonchev–Trinajstić information content (AvgIpc) is 3.04. The van der Waals surface area contributed by atoms with Crippen LogP contribution in [0, 0.1) is 10.1 Å². The summed E-state index contributed by atoms with van der Waals surface area (Å²) >= 11 is 2.92. The molecular formula is C12H15N3O2S2. The number of thiazole rings is 1. The molecule has 1 unspecified atom stereocenters. The number of aryl methyl sites for hydroxylation is 1. The maximum absolute atomic E-state index is 10.6. The van der Waals surface area contributed by atoms with E-state index in [4.69, 9.17) is 0 Å². The molecule has 0 amide bonds. The van der Waals surface area contributed by atoms with Gasteiger partial charge in [0.05, 0.1) is 11.0 Å². The first-order valence-corrected chi connectivity index (χ1v) is 7.64. The van der Waals surface area contributed by atoms with Crippen LogP contribution in [0.15, 0.2) is 18.3 Å². The molecule has 0 spiro atoms. The average molecular weight is 297 g/mol. The molecule has 0 aliphatic carbocycles. The fourth-order valence-electron chi connectivity index (χ4n) is 1.59. The number of nitrogens with one attached hydrogen (secondary N) is 1. The predicted molar refractivity (Wildman–Crippen MR) is 77.7 cm³/mol. The fraction of sp³-hybridized carbons (Fsp3) is 0.417. The zero-order valence-corrected chi connectivity index (χ0v) is 12.4. The van der Waals surface area contributed by atoms with Crippen molar-refractivity contribution in [3.63, 3.8) is 0 Å². The van der Waals surface area contributed by atoms with Crippen LogP contribution in [0.25, 0.3) is 0 Å². The molecule has 2 heterocycles. The van der Waals surface area contributed by atoms with Crippen LogP contribution in [0.1, 0.15) is 34.7 Å². The summed E-state index contributed by atoms with van der Waals surface area (Å²) < 4.78 is 0. The van der Waals surface area contributed by atoms with Gasteiger partial charge in [0.25, 0.3) is 0 Å². The number of nitrogens with zero attached hydrogens (tertiary/aromatic N) is 2. The Hall–Kier alpha value is -1.31. The van der Waals surface area contributed by atoms with Crippen LogP contribution >= 0.6 is 22.7 Å². The molecule has 1 atom stereocenters. The Labute approximate surface area is 119 Å². The van der Waals surface area contributed by atoms with Crippen molar-refractivity contribution in [1.29, 1.82) is 0 Å². The lowest BCUT2D eigenvalue weighted by Crippen LogP contribution is -2.17. The van der Waals surface area contributed by atoms with Crippen LogP contribution in [0.3, 0.4) is 0 Å². The normalized spacial score (nSPS) is 12.5. The number of thiophene rings is 1. The molecule has 102 valence electrons. The molecule has 2 aromatic rings. The minimum Gasteiger partial charge on any atom is -0.303 e. The second kappa shape index (κ2) is 6.23. The molecule has 0 fully saturated rings. The van der Waals surface area contributed by atoms with Crippen LogP contribution in [-0.2, 0) is 13.0 Å².